The standard InChI is InChI=1S/C9H18N2O/c1-9(2,3)10-8(12)6-7-11(4)5/h6-7H,1-5H3,(H,10,12)/b7-6+. The Morgan fingerprint density at radius 1 is 1.33 bits per heavy atom. The fraction of sp³-hybridized carbons (Fsp3) is 0.667. The summed E-state index contributed by atoms with van der Waals surface area (Å²) in [5, 5.41) is 2.82. The molecular weight excluding hydrogens is 152 g/mol. The average molecular weight is 170 g/mol. The lowest BCUT2D eigenvalue weighted by Gasteiger charge is -2.19. The lowest BCUT2D eigenvalue weighted by molar-refractivity contribution is -0.117. The van der Waals surface area contributed by atoms with Crippen LogP contribution in [0.1, 0.15) is 20.8 Å². The summed E-state index contributed by atoms with van der Waals surface area (Å²) < 4.78 is 0. The number of amides is 1. The minimum Gasteiger partial charge on any atom is -0.383 e. The van der Waals surface area contributed by atoms with E-state index in [-0.39, 0.29) is 11.4 Å². The molecule has 0 saturated heterocycles. The number of hydrogen-bond acceptors (Lipinski definition) is 2. The van der Waals surface area contributed by atoms with Gasteiger partial charge in [-0.05, 0) is 20.8 Å². The van der Waals surface area contributed by atoms with Crippen LogP contribution in [0.15, 0.2) is 12.3 Å². The van der Waals surface area contributed by atoms with E-state index in [4.69, 9.17) is 0 Å². The van der Waals surface area contributed by atoms with Crippen molar-refractivity contribution in [2.45, 2.75) is 26.3 Å². The molecule has 0 aliphatic rings. The normalized spacial score (nSPS) is 11.8. The van der Waals surface area contributed by atoms with Gasteiger partial charge in [-0.3, -0.25) is 4.79 Å². The molecule has 0 spiro atoms. The molecule has 0 rings (SSSR count). The van der Waals surface area contributed by atoms with E-state index in [2.05, 4.69) is 5.32 Å². The van der Waals surface area contributed by atoms with Crippen molar-refractivity contribution in [3.05, 3.63) is 12.3 Å². The molecule has 70 valence electrons. The second-order valence-electron chi connectivity index (χ2n) is 4.02. The van der Waals surface area contributed by atoms with Crippen LogP contribution in [0, 0.1) is 0 Å². The molecule has 0 bridgehead atoms. The molecule has 1 amide bonds. The van der Waals surface area contributed by atoms with E-state index in [1.54, 1.807) is 6.20 Å². The van der Waals surface area contributed by atoms with E-state index in [0.29, 0.717) is 0 Å². The maximum atomic E-state index is 11.1. The predicted octanol–water partition coefficient (Wildman–Crippen LogP) is 0.976. The van der Waals surface area contributed by atoms with Crippen LogP contribution in [0.5, 0.6) is 0 Å². The molecule has 1 N–H and O–H groups in total. The fourth-order valence-corrected chi connectivity index (χ4v) is 0.628. The molecule has 0 aromatic heterocycles. The van der Waals surface area contributed by atoms with E-state index in [0.717, 1.165) is 0 Å². The number of carbonyl (C=O) groups is 1. The first kappa shape index (κ1) is 11.0. The molecule has 0 aromatic carbocycles. The van der Waals surface area contributed by atoms with Gasteiger partial charge in [-0.2, -0.15) is 0 Å². The van der Waals surface area contributed by atoms with Gasteiger partial charge in [-0.25, -0.2) is 0 Å². The second kappa shape index (κ2) is 4.14. The van der Waals surface area contributed by atoms with Crippen LogP contribution in [0.25, 0.3) is 0 Å². The lowest BCUT2D eigenvalue weighted by atomic mass is 10.1. The third kappa shape index (κ3) is 7.12. The van der Waals surface area contributed by atoms with Gasteiger partial charge in [0.25, 0.3) is 0 Å². The summed E-state index contributed by atoms with van der Waals surface area (Å²) in [6, 6.07) is 0. The maximum absolute atomic E-state index is 11.1. The summed E-state index contributed by atoms with van der Waals surface area (Å²) in [4.78, 5) is 13.0. The van der Waals surface area contributed by atoms with E-state index < -0.39 is 0 Å². The van der Waals surface area contributed by atoms with Crippen LogP contribution < -0.4 is 5.32 Å². The predicted molar refractivity (Wildman–Crippen MR) is 50.7 cm³/mol. The van der Waals surface area contributed by atoms with E-state index in [9.17, 15) is 4.79 Å². The van der Waals surface area contributed by atoms with Crippen molar-refractivity contribution in [2.24, 2.45) is 0 Å². The third-order valence-electron chi connectivity index (χ3n) is 1.02. The van der Waals surface area contributed by atoms with Crippen molar-refractivity contribution in [3.63, 3.8) is 0 Å². The molecule has 3 nitrogen and oxygen atoms in total. The summed E-state index contributed by atoms with van der Waals surface area (Å²) in [7, 11) is 3.75. The molecule has 0 aliphatic carbocycles. The minimum atomic E-state index is -0.159. The summed E-state index contributed by atoms with van der Waals surface area (Å²) in [5.74, 6) is -0.0591. The zero-order valence-electron chi connectivity index (χ0n) is 8.51. The molecule has 0 fully saturated rings. The van der Waals surface area contributed by atoms with Crippen molar-refractivity contribution in [2.75, 3.05) is 14.1 Å². The highest BCUT2D eigenvalue weighted by molar-refractivity contribution is 5.87. The van der Waals surface area contributed by atoms with Crippen LogP contribution in [0.3, 0.4) is 0 Å². The largest absolute Gasteiger partial charge is 0.383 e. The topological polar surface area (TPSA) is 32.3 Å². The number of hydrogen-bond donors (Lipinski definition) is 1. The van der Waals surface area contributed by atoms with Gasteiger partial charge in [-0.15, -0.1) is 0 Å². The Labute approximate surface area is 74.4 Å². The summed E-state index contributed by atoms with van der Waals surface area (Å²) in [6.45, 7) is 5.86. The Balaban J connectivity index is 3.91. The van der Waals surface area contributed by atoms with Gasteiger partial charge in [0.1, 0.15) is 0 Å². The molecule has 0 saturated carbocycles. The first-order valence-electron chi connectivity index (χ1n) is 3.98. The number of nitrogens with zero attached hydrogens (tertiary/aromatic N) is 1. The Bertz CT molecular complexity index is 177. The van der Waals surface area contributed by atoms with E-state index >= 15 is 0 Å². The molecule has 0 atom stereocenters. The van der Waals surface area contributed by atoms with Gasteiger partial charge in [-0.1, -0.05) is 0 Å². The smallest absolute Gasteiger partial charge is 0.245 e. The Kier molecular flexibility index (Phi) is 3.80. The van der Waals surface area contributed by atoms with Crippen LogP contribution in [-0.2, 0) is 4.79 Å². The molecule has 0 aliphatic heterocycles. The van der Waals surface area contributed by atoms with E-state index in [1.807, 2.05) is 39.8 Å². The Morgan fingerprint density at radius 2 is 1.83 bits per heavy atom. The average Bonchev–Trinajstić information content (AvgIpc) is 1.79. The summed E-state index contributed by atoms with van der Waals surface area (Å²) in [5.41, 5.74) is -0.159. The zero-order chi connectivity index (χ0) is 9.78. The van der Waals surface area contributed by atoms with Crippen LogP contribution in [-0.4, -0.2) is 30.4 Å². The highest BCUT2D eigenvalue weighted by atomic mass is 16.1. The minimum absolute atomic E-state index is 0.0591. The maximum Gasteiger partial charge on any atom is 0.245 e. The Hall–Kier alpha value is -0.990. The lowest BCUT2D eigenvalue weighted by Crippen LogP contribution is -2.39. The van der Waals surface area contributed by atoms with Crippen LogP contribution >= 0.6 is 0 Å². The molecule has 3 heteroatoms. The third-order valence-corrected chi connectivity index (χ3v) is 1.02. The first-order chi connectivity index (χ1) is 5.31. The van der Waals surface area contributed by atoms with Crippen molar-refractivity contribution >= 4 is 5.91 Å². The molecule has 0 unspecified atom stereocenters. The van der Waals surface area contributed by atoms with Gasteiger partial charge < -0.3 is 10.2 Å². The summed E-state index contributed by atoms with van der Waals surface area (Å²) in [6.07, 6.45) is 3.24. The monoisotopic (exact) mass is 170 g/mol. The highest BCUT2D eigenvalue weighted by Crippen LogP contribution is 1.97. The SMILES string of the molecule is CN(C)/C=C/C(=O)NC(C)(C)C. The molecule has 0 heterocycles. The van der Waals surface area contributed by atoms with Crippen molar-refractivity contribution in [3.8, 4) is 0 Å². The van der Waals surface area contributed by atoms with Gasteiger partial charge in [0, 0.05) is 31.9 Å². The van der Waals surface area contributed by atoms with E-state index in [1.165, 1.54) is 6.08 Å². The van der Waals surface area contributed by atoms with Crippen molar-refractivity contribution < 1.29 is 4.79 Å². The molecule has 0 radical (unpaired) electrons. The first-order valence-corrected chi connectivity index (χ1v) is 3.98. The molecule has 0 aromatic rings. The number of rotatable bonds is 2. The van der Waals surface area contributed by atoms with Crippen molar-refractivity contribution in [1.82, 2.24) is 10.2 Å². The summed E-state index contributed by atoms with van der Waals surface area (Å²) >= 11 is 0. The van der Waals surface area contributed by atoms with Gasteiger partial charge >= 0.3 is 0 Å². The zero-order valence-corrected chi connectivity index (χ0v) is 8.51. The van der Waals surface area contributed by atoms with Crippen LogP contribution in [0.4, 0.5) is 0 Å². The highest BCUT2D eigenvalue weighted by Gasteiger charge is 2.10. The van der Waals surface area contributed by atoms with Gasteiger partial charge in [0.2, 0.25) is 5.91 Å². The Morgan fingerprint density at radius 3 is 2.17 bits per heavy atom. The second-order valence-corrected chi connectivity index (χ2v) is 4.02. The number of carbonyl (C=O) groups excluding carboxylic acids is 1. The van der Waals surface area contributed by atoms with Crippen molar-refractivity contribution in [1.29, 1.82) is 0 Å². The molecular formula is C9H18N2O. The van der Waals surface area contributed by atoms with Crippen LogP contribution in [0.2, 0.25) is 0 Å². The fourth-order valence-electron chi connectivity index (χ4n) is 0.628. The van der Waals surface area contributed by atoms with Gasteiger partial charge in [0.15, 0.2) is 0 Å². The number of nitrogens with one attached hydrogen (secondary N) is 1. The quantitative estimate of drug-likeness (QED) is 0.626. The van der Waals surface area contributed by atoms with Gasteiger partial charge in [0.05, 0.1) is 0 Å². The molecule has 12 heavy (non-hydrogen) atoms.